The van der Waals surface area contributed by atoms with Gasteiger partial charge in [-0.05, 0) is 53.3 Å². The van der Waals surface area contributed by atoms with Gasteiger partial charge in [-0.15, -0.1) is 0 Å². The molecule has 0 fully saturated rings. The van der Waals surface area contributed by atoms with Crippen LogP contribution in [0.4, 0.5) is 0 Å². The third-order valence-corrected chi connectivity index (χ3v) is 5.59. The van der Waals surface area contributed by atoms with Crippen molar-refractivity contribution in [3.8, 4) is 16.9 Å². The first-order valence-corrected chi connectivity index (χ1v) is 11.5. The number of aliphatic hydroxyl groups is 1. The van der Waals surface area contributed by atoms with E-state index in [1.54, 1.807) is 12.1 Å². The van der Waals surface area contributed by atoms with E-state index in [1.807, 2.05) is 56.4 Å². The predicted octanol–water partition coefficient (Wildman–Crippen LogP) is 4.41. The highest BCUT2D eigenvalue weighted by Crippen LogP contribution is 2.27. The fraction of sp³-hybridized carbons (Fsp3) is 0.250. The van der Waals surface area contributed by atoms with E-state index in [0.29, 0.717) is 24.5 Å². The molecule has 1 aromatic heterocycles. The predicted molar refractivity (Wildman–Crippen MR) is 138 cm³/mol. The highest BCUT2D eigenvalue weighted by Gasteiger charge is 2.11. The number of hydrogen-bond donors (Lipinski definition) is 3. The van der Waals surface area contributed by atoms with Crippen LogP contribution < -0.4 is 16.2 Å². The van der Waals surface area contributed by atoms with Gasteiger partial charge in [0.15, 0.2) is 0 Å². The van der Waals surface area contributed by atoms with Crippen molar-refractivity contribution in [2.45, 2.75) is 26.3 Å². The van der Waals surface area contributed by atoms with Crippen LogP contribution >= 0.6 is 0 Å². The van der Waals surface area contributed by atoms with Gasteiger partial charge in [0.1, 0.15) is 5.75 Å². The molecule has 1 heterocycles. The SMILES string of the molecule is CCCOc1ccc(-c2ccc(CN)cc2)cc1C(N)=O.Cn1cc(CCO)c2ccccc21. The molecule has 4 rings (SSSR count). The lowest BCUT2D eigenvalue weighted by Gasteiger charge is -2.11. The summed E-state index contributed by atoms with van der Waals surface area (Å²) >= 11 is 0. The van der Waals surface area contributed by atoms with Gasteiger partial charge in [-0.2, -0.15) is 0 Å². The summed E-state index contributed by atoms with van der Waals surface area (Å²) in [4.78, 5) is 11.6. The van der Waals surface area contributed by atoms with Crippen LogP contribution in [0.3, 0.4) is 0 Å². The van der Waals surface area contributed by atoms with Crippen molar-refractivity contribution >= 4 is 16.8 Å². The largest absolute Gasteiger partial charge is 0.493 e. The minimum atomic E-state index is -0.485. The monoisotopic (exact) mass is 459 g/mol. The Bertz CT molecular complexity index is 1230. The molecule has 0 radical (unpaired) electrons. The number of nitrogens with zero attached hydrogens (tertiary/aromatic N) is 1. The van der Waals surface area contributed by atoms with Gasteiger partial charge >= 0.3 is 0 Å². The summed E-state index contributed by atoms with van der Waals surface area (Å²) in [6, 6.07) is 21.7. The van der Waals surface area contributed by atoms with Gasteiger partial charge in [-0.1, -0.05) is 55.5 Å². The molecule has 0 saturated heterocycles. The Morgan fingerprint density at radius 3 is 2.38 bits per heavy atom. The number of rotatable bonds is 8. The number of para-hydroxylation sites is 1. The van der Waals surface area contributed by atoms with Crippen molar-refractivity contribution in [1.29, 1.82) is 0 Å². The number of aliphatic hydroxyl groups excluding tert-OH is 1. The number of ether oxygens (including phenoxy) is 1. The summed E-state index contributed by atoms with van der Waals surface area (Å²) in [5.74, 6) is 0.0493. The Morgan fingerprint density at radius 2 is 1.74 bits per heavy atom. The van der Waals surface area contributed by atoms with Crippen LogP contribution in [-0.4, -0.2) is 28.8 Å². The van der Waals surface area contributed by atoms with Crippen LogP contribution in [0.25, 0.3) is 22.0 Å². The smallest absolute Gasteiger partial charge is 0.252 e. The number of aromatic nitrogens is 1. The number of amides is 1. The van der Waals surface area contributed by atoms with Gasteiger partial charge in [0.05, 0.1) is 12.2 Å². The minimum absolute atomic E-state index is 0.216. The molecule has 6 nitrogen and oxygen atoms in total. The maximum absolute atomic E-state index is 11.6. The maximum atomic E-state index is 11.6. The van der Waals surface area contributed by atoms with Gasteiger partial charge < -0.3 is 25.9 Å². The molecule has 4 aromatic rings. The molecule has 0 spiro atoms. The Balaban J connectivity index is 0.000000212. The molecule has 178 valence electrons. The van der Waals surface area contributed by atoms with Crippen LogP contribution in [0.2, 0.25) is 0 Å². The van der Waals surface area contributed by atoms with Gasteiger partial charge in [0.2, 0.25) is 0 Å². The van der Waals surface area contributed by atoms with Crippen molar-refractivity contribution in [3.63, 3.8) is 0 Å². The first-order valence-electron chi connectivity index (χ1n) is 11.5. The van der Waals surface area contributed by atoms with E-state index in [-0.39, 0.29) is 6.61 Å². The number of benzene rings is 3. The quantitative estimate of drug-likeness (QED) is 0.363. The van der Waals surface area contributed by atoms with Gasteiger partial charge in [0.25, 0.3) is 5.91 Å². The summed E-state index contributed by atoms with van der Waals surface area (Å²) in [6.07, 6.45) is 3.70. The van der Waals surface area contributed by atoms with Crippen LogP contribution in [0.1, 0.15) is 34.8 Å². The molecule has 0 atom stereocenters. The molecular formula is C28H33N3O3. The van der Waals surface area contributed by atoms with Gasteiger partial charge in [-0.25, -0.2) is 0 Å². The summed E-state index contributed by atoms with van der Waals surface area (Å²) < 4.78 is 7.66. The normalized spacial score (nSPS) is 10.6. The molecule has 0 aliphatic heterocycles. The van der Waals surface area contributed by atoms with Crippen molar-refractivity contribution in [2.75, 3.05) is 13.2 Å². The van der Waals surface area contributed by atoms with E-state index in [0.717, 1.165) is 29.5 Å². The second-order valence-electron chi connectivity index (χ2n) is 8.08. The molecule has 0 bridgehead atoms. The van der Waals surface area contributed by atoms with Crippen molar-refractivity contribution in [2.24, 2.45) is 18.5 Å². The lowest BCUT2D eigenvalue weighted by molar-refractivity contribution is 0.0996. The number of aryl methyl sites for hydroxylation is 1. The van der Waals surface area contributed by atoms with Gasteiger partial charge in [-0.3, -0.25) is 4.79 Å². The summed E-state index contributed by atoms with van der Waals surface area (Å²) in [5, 5.41) is 10.1. The first-order chi connectivity index (χ1) is 16.5. The second-order valence-corrected chi connectivity index (χ2v) is 8.08. The number of carbonyl (C=O) groups is 1. The number of hydrogen-bond acceptors (Lipinski definition) is 4. The lowest BCUT2D eigenvalue weighted by Crippen LogP contribution is -2.13. The Labute approximate surface area is 200 Å². The third-order valence-electron chi connectivity index (χ3n) is 5.59. The standard InChI is InChI=1S/C17H20N2O2.C11H13NO/c1-2-9-21-16-8-7-14(10-15(16)17(19)20)13-5-3-12(11-18)4-6-13;1-12-8-9(6-7-13)10-4-2-3-5-11(10)12/h3-8,10H,2,9,11,18H2,1H3,(H2,19,20);2-5,8,13H,6-7H2,1H3. The second kappa shape index (κ2) is 12.0. The summed E-state index contributed by atoms with van der Waals surface area (Å²) in [7, 11) is 2.03. The lowest BCUT2D eigenvalue weighted by atomic mass is 10.0. The topological polar surface area (TPSA) is 104 Å². The molecule has 5 N–H and O–H groups in total. The molecular weight excluding hydrogens is 426 g/mol. The molecule has 0 unspecified atom stereocenters. The summed E-state index contributed by atoms with van der Waals surface area (Å²) in [5.41, 5.74) is 16.9. The van der Waals surface area contributed by atoms with Crippen LogP contribution in [-0.2, 0) is 20.0 Å². The summed E-state index contributed by atoms with van der Waals surface area (Å²) in [6.45, 7) is 3.30. The fourth-order valence-corrected chi connectivity index (χ4v) is 3.82. The van der Waals surface area contributed by atoms with E-state index < -0.39 is 5.91 Å². The minimum Gasteiger partial charge on any atom is -0.493 e. The molecule has 0 aliphatic rings. The molecule has 6 heteroatoms. The number of primary amides is 1. The Morgan fingerprint density at radius 1 is 1.03 bits per heavy atom. The molecule has 34 heavy (non-hydrogen) atoms. The first kappa shape index (κ1) is 25.0. The average molecular weight is 460 g/mol. The van der Waals surface area contributed by atoms with Crippen LogP contribution in [0.15, 0.2) is 72.9 Å². The number of nitrogens with two attached hydrogens (primary N) is 2. The number of fused-ring (bicyclic) bond motifs is 1. The fourth-order valence-electron chi connectivity index (χ4n) is 3.82. The zero-order valence-corrected chi connectivity index (χ0v) is 19.8. The van der Waals surface area contributed by atoms with E-state index >= 15 is 0 Å². The van der Waals surface area contributed by atoms with Gasteiger partial charge in [0, 0.05) is 37.3 Å². The zero-order valence-electron chi connectivity index (χ0n) is 19.8. The van der Waals surface area contributed by atoms with Crippen molar-refractivity contribution < 1.29 is 14.6 Å². The Kier molecular flexibility index (Phi) is 8.85. The van der Waals surface area contributed by atoms with E-state index in [1.165, 1.54) is 16.5 Å². The highest BCUT2D eigenvalue weighted by molar-refractivity contribution is 5.97. The van der Waals surface area contributed by atoms with Crippen LogP contribution in [0.5, 0.6) is 5.75 Å². The average Bonchev–Trinajstić information content (AvgIpc) is 3.18. The van der Waals surface area contributed by atoms with Crippen molar-refractivity contribution in [3.05, 3.63) is 89.6 Å². The highest BCUT2D eigenvalue weighted by atomic mass is 16.5. The van der Waals surface area contributed by atoms with E-state index in [2.05, 4.69) is 22.9 Å². The molecule has 0 saturated carbocycles. The Hall–Kier alpha value is -3.61. The number of carbonyl (C=O) groups excluding carboxylic acids is 1. The molecule has 0 aliphatic carbocycles. The molecule has 1 amide bonds. The van der Waals surface area contributed by atoms with Crippen LogP contribution in [0, 0.1) is 0 Å². The van der Waals surface area contributed by atoms with E-state index in [4.69, 9.17) is 21.3 Å². The third kappa shape index (κ3) is 6.04. The zero-order chi connectivity index (χ0) is 24.5. The maximum Gasteiger partial charge on any atom is 0.252 e. The van der Waals surface area contributed by atoms with E-state index in [9.17, 15) is 4.79 Å². The van der Waals surface area contributed by atoms with Crippen molar-refractivity contribution in [1.82, 2.24) is 4.57 Å². The molecule has 3 aromatic carbocycles.